The highest BCUT2D eigenvalue weighted by Gasteiger charge is 2.22. The van der Waals surface area contributed by atoms with Crippen molar-refractivity contribution in [3.63, 3.8) is 0 Å². The third kappa shape index (κ3) is 7.76. The van der Waals surface area contributed by atoms with Gasteiger partial charge in [0.1, 0.15) is 11.2 Å². The zero-order valence-electron chi connectivity index (χ0n) is 21.6. The van der Waals surface area contributed by atoms with Crippen molar-refractivity contribution in [3.05, 3.63) is 30.1 Å². The van der Waals surface area contributed by atoms with Gasteiger partial charge in [0.2, 0.25) is 5.95 Å². The van der Waals surface area contributed by atoms with E-state index in [-0.39, 0.29) is 11.5 Å². The molecule has 0 spiro atoms. The first-order valence-electron chi connectivity index (χ1n) is 11.9. The number of nitrogens with one attached hydrogen (secondary N) is 1. The molecule has 3 aromatic rings. The van der Waals surface area contributed by atoms with E-state index in [2.05, 4.69) is 51.4 Å². The number of pyridine rings is 1. The summed E-state index contributed by atoms with van der Waals surface area (Å²) in [6.45, 7) is 10.3. The van der Waals surface area contributed by atoms with Crippen LogP contribution < -0.4 is 11.1 Å². The summed E-state index contributed by atoms with van der Waals surface area (Å²) in [6, 6.07) is 5.74. The van der Waals surface area contributed by atoms with E-state index in [1.54, 1.807) is 18.6 Å². The van der Waals surface area contributed by atoms with E-state index in [4.69, 9.17) is 5.73 Å². The zero-order valence-corrected chi connectivity index (χ0v) is 21.6. The van der Waals surface area contributed by atoms with Crippen molar-refractivity contribution < 1.29 is 5.11 Å². The molecule has 3 heterocycles. The Labute approximate surface area is 202 Å². The monoisotopic (exact) mass is 468 g/mol. The number of nitrogens with two attached hydrogens (primary N) is 1. The number of rotatable bonds is 3. The average molecular weight is 469 g/mol. The Morgan fingerprint density at radius 3 is 2.26 bits per heavy atom. The lowest BCUT2D eigenvalue weighted by atomic mass is 9.87. The van der Waals surface area contributed by atoms with E-state index >= 15 is 0 Å². The number of fused-ring (bicyclic) bond motifs is 1. The summed E-state index contributed by atoms with van der Waals surface area (Å²) >= 11 is 0. The minimum absolute atomic E-state index is 0.210. The number of aliphatic hydroxyl groups is 1. The zero-order chi connectivity index (χ0) is 25.3. The largest absolute Gasteiger partial charge is 0.390 e. The molecule has 4 rings (SSSR count). The SMILES string of the molecule is CC(C)C.CC1(O)CCCCC1.CN=Nc1ccc(-c2ccn3nc(N)nc(NC)c23)nc1C. The van der Waals surface area contributed by atoms with Crippen LogP contribution in [0.1, 0.15) is 65.5 Å². The molecule has 1 saturated carbocycles. The smallest absolute Gasteiger partial charge is 0.240 e. The van der Waals surface area contributed by atoms with Crippen LogP contribution in [0.5, 0.6) is 0 Å². The second-order valence-corrected chi connectivity index (χ2v) is 9.48. The first kappa shape index (κ1) is 27.2. The van der Waals surface area contributed by atoms with Gasteiger partial charge >= 0.3 is 0 Å². The van der Waals surface area contributed by atoms with Crippen LogP contribution in [-0.2, 0) is 0 Å². The fraction of sp³-hybridized carbons (Fsp3) is 0.560. The first-order chi connectivity index (χ1) is 16.1. The van der Waals surface area contributed by atoms with Gasteiger partial charge in [-0.3, -0.25) is 4.98 Å². The lowest BCUT2D eigenvalue weighted by Gasteiger charge is -2.27. The van der Waals surface area contributed by atoms with Gasteiger partial charge in [-0.25, -0.2) is 4.52 Å². The lowest BCUT2D eigenvalue weighted by Crippen LogP contribution is -2.26. The van der Waals surface area contributed by atoms with Crippen molar-refractivity contribution >= 4 is 23.0 Å². The molecule has 0 aromatic carbocycles. The number of hydrogen-bond acceptors (Lipinski definition) is 8. The molecule has 3 aromatic heterocycles. The maximum absolute atomic E-state index is 9.37. The lowest BCUT2D eigenvalue weighted by molar-refractivity contribution is 0.0225. The predicted molar refractivity (Wildman–Crippen MR) is 140 cm³/mol. The Bertz CT molecular complexity index is 1080. The fourth-order valence-electron chi connectivity index (χ4n) is 3.65. The highest BCUT2D eigenvalue weighted by molar-refractivity contribution is 5.87. The van der Waals surface area contributed by atoms with Gasteiger partial charge in [0, 0.05) is 25.9 Å². The van der Waals surface area contributed by atoms with E-state index < -0.39 is 0 Å². The van der Waals surface area contributed by atoms with Gasteiger partial charge in [-0.1, -0.05) is 40.0 Å². The fourth-order valence-corrected chi connectivity index (χ4v) is 3.65. The van der Waals surface area contributed by atoms with E-state index in [9.17, 15) is 5.11 Å². The minimum Gasteiger partial charge on any atom is -0.390 e. The Morgan fingerprint density at radius 2 is 1.76 bits per heavy atom. The summed E-state index contributed by atoms with van der Waals surface area (Å²) in [4.78, 5) is 8.82. The molecule has 9 heteroatoms. The summed E-state index contributed by atoms with van der Waals surface area (Å²) in [6.07, 6.45) is 7.59. The number of nitrogen functional groups attached to an aromatic ring is 1. The number of aromatic nitrogens is 4. The molecule has 34 heavy (non-hydrogen) atoms. The minimum atomic E-state index is -0.321. The second-order valence-electron chi connectivity index (χ2n) is 9.48. The normalized spacial score (nSPS) is 15.0. The van der Waals surface area contributed by atoms with E-state index in [1.165, 1.54) is 19.3 Å². The standard InChI is InChI=1S/C14H16N8.C7H14O.C4H10/c1-8-10(20-17-3)4-5-11(18-8)9-6-7-22-12(9)13(16-2)19-14(15)21-22;1-7(8)5-3-2-4-6-7;1-4(2)3/h4-7H,1-3H3,(H3,15,16,19,21);8H,2-6H2,1H3;4H,1-3H3. The Balaban J connectivity index is 0.000000281. The Kier molecular flexibility index (Phi) is 9.92. The van der Waals surface area contributed by atoms with Crippen molar-refractivity contribution in [3.8, 4) is 11.3 Å². The molecule has 0 aliphatic heterocycles. The third-order valence-electron chi connectivity index (χ3n) is 5.24. The molecule has 186 valence electrons. The molecule has 1 fully saturated rings. The Morgan fingerprint density at radius 1 is 1.12 bits per heavy atom. The van der Waals surface area contributed by atoms with Gasteiger partial charge in [0.05, 0.1) is 17.0 Å². The van der Waals surface area contributed by atoms with Crippen LogP contribution in [0.2, 0.25) is 0 Å². The third-order valence-corrected chi connectivity index (χ3v) is 5.24. The molecule has 0 atom stereocenters. The van der Waals surface area contributed by atoms with Crippen LogP contribution in [0.4, 0.5) is 17.5 Å². The molecular weight excluding hydrogens is 428 g/mol. The van der Waals surface area contributed by atoms with Crippen molar-refractivity contribution in [2.45, 2.75) is 72.3 Å². The summed E-state index contributed by atoms with van der Waals surface area (Å²) in [5, 5.41) is 24.4. The highest BCUT2D eigenvalue weighted by Crippen LogP contribution is 2.30. The first-order valence-corrected chi connectivity index (χ1v) is 11.9. The maximum atomic E-state index is 9.37. The number of anilines is 2. The average Bonchev–Trinajstić information content (AvgIpc) is 3.18. The molecule has 1 aliphatic carbocycles. The van der Waals surface area contributed by atoms with E-state index in [0.29, 0.717) is 5.82 Å². The van der Waals surface area contributed by atoms with E-state index in [1.807, 2.05) is 38.2 Å². The van der Waals surface area contributed by atoms with Crippen LogP contribution in [0.3, 0.4) is 0 Å². The molecular formula is C25H40N8O. The molecule has 1 aliphatic rings. The van der Waals surface area contributed by atoms with E-state index in [0.717, 1.165) is 46.9 Å². The summed E-state index contributed by atoms with van der Waals surface area (Å²) in [5.74, 6) is 1.70. The molecule has 4 N–H and O–H groups in total. The number of nitrogens with zero attached hydrogens (tertiary/aromatic N) is 6. The van der Waals surface area contributed by atoms with Gasteiger partial charge < -0.3 is 16.2 Å². The van der Waals surface area contributed by atoms with Gasteiger partial charge in [-0.2, -0.15) is 15.2 Å². The molecule has 0 radical (unpaired) electrons. The van der Waals surface area contributed by atoms with Crippen molar-refractivity contribution in [2.75, 3.05) is 25.1 Å². The number of azo groups is 1. The molecule has 0 bridgehead atoms. The van der Waals surface area contributed by atoms with Gasteiger partial charge in [-0.15, -0.1) is 5.10 Å². The van der Waals surface area contributed by atoms with Crippen molar-refractivity contribution in [1.82, 2.24) is 19.6 Å². The Hall–Kier alpha value is -3.07. The number of hydrogen-bond donors (Lipinski definition) is 3. The van der Waals surface area contributed by atoms with Crippen LogP contribution in [0, 0.1) is 12.8 Å². The molecule has 0 amide bonds. The van der Waals surface area contributed by atoms with Crippen LogP contribution >= 0.6 is 0 Å². The molecule has 0 unspecified atom stereocenters. The van der Waals surface area contributed by atoms with Crippen LogP contribution in [0.25, 0.3) is 16.8 Å². The topological polar surface area (TPSA) is 126 Å². The molecule has 9 nitrogen and oxygen atoms in total. The second kappa shape index (κ2) is 12.4. The van der Waals surface area contributed by atoms with Gasteiger partial charge in [0.25, 0.3) is 0 Å². The molecule has 0 saturated heterocycles. The number of aryl methyl sites for hydroxylation is 1. The van der Waals surface area contributed by atoms with Crippen LogP contribution in [0.15, 0.2) is 34.6 Å². The van der Waals surface area contributed by atoms with Gasteiger partial charge in [0.15, 0.2) is 5.82 Å². The summed E-state index contributed by atoms with van der Waals surface area (Å²) < 4.78 is 1.69. The summed E-state index contributed by atoms with van der Waals surface area (Å²) in [7, 11) is 3.43. The maximum Gasteiger partial charge on any atom is 0.240 e. The quantitative estimate of drug-likeness (QED) is 0.417. The van der Waals surface area contributed by atoms with Gasteiger partial charge in [-0.05, 0) is 50.8 Å². The van der Waals surface area contributed by atoms with Crippen molar-refractivity contribution in [1.29, 1.82) is 0 Å². The van der Waals surface area contributed by atoms with Crippen molar-refractivity contribution in [2.24, 2.45) is 16.1 Å². The highest BCUT2D eigenvalue weighted by atomic mass is 16.3. The predicted octanol–water partition coefficient (Wildman–Crippen LogP) is 5.80. The van der Waals surface area contributed by atoms with Crippen LogP contribution in [-0.4, -0.2) is 44.4 Å². The summed E-state index contributed by atoms with van der Waals surface area (Å²) in [5.41, 5.74) is 9.52.